The molecular formula is C15H20FN3OS. The van der Waals surface area contributed by atoms with Gasteiger partial charge < -0.3 is 11.1 Å². The van der Waals surface area contributed by atoms with E-state index in [0.29, 0.717) is 12.1 Å². The van der Waals surface area contributed by atoms with Gasteiger partial charge in [-0.15, -0.1) is 0 Å². The molecule has 4 nitrogen and oxygen atoms in total. The standard InChI is InChI=1S/C15H20FN3OS/c1-18-15(20)13-4-2-3-5-19(13)9-10-6-11(14(17)21)8-12(16)7-10/h6-8,13H,2-5,9H2,1H3,(H2,17,21)(H,18,20). The molecule has 1 aromatic carbocycles. The van der Waals surface area contributed by atoms with Crippen LogP contribution in [0.25, 0.3) is 0 Å². The number of hydrogen-bond acceptors (Lipinski definition) is 3. The average Bonchev–Trinajstić information content (AvgIpc) is 2.46. The first kappa shape index (κ1) is 15.9. The highest BCUT2D eigenvalue weighted by Gasteiger charge is 2.27. The molecule has 1 fully saturated rings. The first-order valence-corrected chi connectivity index (χ1v) is 7.47. The number of likely N-dealkylation sites (N-methyl/N-ethyl adjacent to an activating group) is 1. The van der Waals surface area contributed by atoms with Crippen LogP contribution in [0.4, 0.5) is 4.39 Å². The van der Waals surface area contributed by atoms with Gasteiger partial charge in [0, 0.05) is 19.2 Å². The molecule has 3 N–H and O–H groups in total. The van der Waals surface area contributed by atoms with Crippen molar-refractivity contribution in [3.8, 4) is 0 Å². The number of nitrogens with two attached hydrogens (primary N) is 1. The van der Waals surface area contributed by atoms with Crippen molar-refractivity contribution in [2.24, 2.45) is 5.73 Å². The predicted octanol–water partition coefficient (Wildman–Crippen LogP) is 1.56. The quantitative estimate of drug-likeness (QED) is 0.829. The Bertz CT molecular complexity index is 550. The Kier molecular flexibility index (Phi) is 5.25. The molecule has 0 radical (unpaired) electrons. The maximum Gasteiger partial charge on any atom is 0.237 e. The third-order valence-corrected chi connectivity index (χ3v) is 4.03. The van der Waals surface area contributed by atoms with E-state index in [0.717, 1.165) is 31.4 Å². The van der Waals surface area contributed by atoms with E-state index >= 15 is 0 Å². The van der Waals surface area contributed by atoms with Crippen molar-refractivity contribution >= 4 is 23.1 Å². The van der Waals surface area contributed by atoms with Crippen molar-refractivity contribution in [2.45, 2.75) is 31.8 Å². The van der Waals surface area contributed by atoms with E-state index in [1.165, 1.54) is 12.1 Å². The highest BCUT2D eigenvalue weighted by Crippen LogP contribution is 2.21. The summed E-state index contributed by atoms with van der Waals surface area (Å²) in [5.74, 6) is -0.343. The molecule has 6 heteroatoms. The number of piperidine rings is 1. The Hall–Kier alpha value is -1.53. The van der Waals surface area contributed by atoms with Crippen molar-refractivity contribution in [1.29, 1.82) is 0 Å². The molecular weight excluding hydrogens is 289 g/mol. The van der Waals surface area contributed by atoms with E-state index in [2.05, 4.69) is 10.2 Å². The number of carbonyl (C=O) groups excluding carboxylic acids is 1. The fourth-order valence-electron chi connectivity index (χ4n) is 2.76. The number of benzene rings is 1. The third kappa shape index (κ3) is 3.98. The molecule has 1 unspecified atom stereocenters. The SMILES string of the molecule is CNC(=O)C1CCCCN1Cc1cc(F)cc(C(N)=S)c1. The van der Waals surface area contributed by atoms with Crippen molar-refractivity contribution < 1.29 is 9.18 Å². The van der Waals surface area contributed by atoms with Crippen LogP contribution in [0.5, 0.6) is 0 Å². The number of halogens is 1. The lowest BCUT2D eigenvalue weighted by atomic mass is 10.00. The summed E-state index contributed by atoms with van der Waals surface area (Å²) in [6, 6.07) is 4.44. The molecule has 1 aliphatic heterocycles. The van der Waals surface area contributed by atoms with Gasteiger partial charge in [-0.2, -0.15) is 0 Å². The summed E-state index contributed by atoms with van der Waals surface area (Å²) < 4.78 is 13.7. The Morgan fingerprint density at radius 1 is 1.48 bits per heavy atom. The van der Waals surface area contributed by atoms with Gasteiger partial charge in [0.2, 0.25) is 5.91 Å². The highest BCUT2D eigenvalue weighted by atomic mass is 32.1. The third-order valence-electron chi connectivity index (χ3n) is 3.79. The number of rotatable bonds is 4. The number of hydrogen-bond donors (Lipinski definition) is 2. The van der Waals surface area contributed by atoms with E-state index in [1.54, 1.807) is 13.1 Å². The second-order valence-corrected chi connectivity index (χ2v) is 5.75. The summed E-state index contributed by atoms with van der Waals surface area (Å²) in [7, 11) is 1.64. The first-order chi connectivity index (χ1) is 10.0. The lowest BCUT2D eigenvalue weighted by Gasteiger charge is -2.34. The molecule has 114 valence electrons. The van der Waals surface area contributed by atoms with Crippen molar-refractivity contribution in [1.82, 2.24) is 10.2 Å². The second-order valence-electron chi connectivity index (χ2n) is 5.31. The Morgan fingerprint density at radius 2 is 2.24 bits per heavy atom. The topological polar surface area (TPSA) is 58.4 Å². The molecule has 0 bridgehead atoms. The molecule has 2 rings (SSSR count). The number of carbonyl (C=O) groups is 1. The summed E-state index contributed by atoms with van der Waals surface area (Å²) in [4.78, 5) is 14.2. The second kappa shape index (κ2) is 6.95. The van der Waals surface area contributed by atoms with Gasteiger partial charge in [0.15, 0.2) is 0 Å². The number of nitrogens with zero attached hydrogens (tertiary/aromatic N) is 1. The van der Waals surface area contributed by atoms with Gasteiger partial charge >= 0.3 is 0 Å². The largest absolute Gasteiger partial charge is 0.389 e. The van der Waals surface area contributed by atoms with Crippen molar-refractivity contribution in [3.05, 3.63) is 35.1 Å². The maximum absolute atomic E-state index is 13.7. The summed E-state index contributed by atoms with van der Waals surface area (Å²) in [6.45, 7) is 1.35. The zero-order valence-corrected chi connectivity index (χ0v) is 12.9. The summed E-state index contributed by atoms with van der Waals surface area (Å²) >= 11 is 4.90. The minimum absolute atomic E-state index is 0.0145. The molecule has 0 aromatic heterocycles. The Morgan fingerprint density at radius 3 is 2.90 bits per heavy atom. The van der Waals surface area contributed by atoms with Gasteiger partial charge in [-0.3, -0.25) is 9.69 Å². The Labute approximate surface area is 129 Å². The molecule has 1 saturated heterocycles. The number of nitrogens with one attached hydrogen (secondary N) is 1. The molecule has 0 aliphatic carbocycles. The molecule has 0 spiro atoms. The maximum atomic E-state index is 13.7. The van der Waals surface area contributed by atoms with Gasteiger partial charge in [0.05, 0.1) is 6.04 Å². The molecule has 1 amide bonds. The highest BCUT2D eigenvalue weighted by molar-refractivity contribution is 7.80. The van der Waals surface area contributed by atoms with E-state index in [9.17, 15) is 9.18 Å². The average molecular weight is 309 g/mol. The van der Waals surface area contributed by atoms with E-state index in [1.807, 2.05) is 0 Å². The summed E-state index contributed by atoms with van der Waals surface area (Å²) in [6.07, 6.45) is 2.91. The van der Waals surface area contributed by atoms with E-state index in [-0.39, 0.29) is 22.8 Å². The zero-order chi connectivity index (χ0) is 15.4. The number of likely N-dealkylation sites (tertiary alicyclic amines) is 1. The lowest BCUT2D eigenvalue weighted by molar-refractivity contribution is -0.127. The zero-order valence-electron chi connectivity index (χ0n) is 12.1. The smallest absolute Gasteiger partial charge is 0.237 e. The molecule has 0 saturated carbocycles. The van der Waals surface area contributed by atoms with Gasteiger partial charge in [-0.25, -0.2) is 4.39 Å². The van der Waals surface area contributed by atoms with Crippen LogP contribution in [0.15, 0.2) is 18.2 Å². The molecule has 1 aliphatic rings. The predicted molar refractivity (Wildman–Crippen MR) is 84.4 cm³/mol. The van der Waals surface area contributed by atoms with Crippen LogP contribution in [0.2, 0.25) is 0 Å². The van der Waals surface area contributed by atoms with Crippen LogP contribution in [0, 0.1) is 5.82 Å². The fourth-order valence-corrected chi connectivity index (χ4v) is 2.88. The summed E-state index contributed by atoms with van der Waals surface area (Å²) in [5.41, 5.74) is 6.88. The van der Waals surface area contributed by atoms with Crippen LogP contribution in [-0.2, 0) is 11.3 Å². The minimum atomic E-state index is -0.358. The monoisotopic (exact) mass is 309 g/mol. The first-order valence-electron chi connectivity index (χ1n) is 7.06. The van der Waals surface area contributed by atoms with Crippen molar-refractivity contribution in [3.63, 3.8) is 0 Å². The fraction of sp³-hybridized carbons (Fsp3) is 0.467. The molecule has 1 aromatic rings. The van der Waals surface area contributed by atoms with Gasteiger partial charge in [-0.1, -0.05) is 18.6 Å². The van der Waals surface area contributed by atoms with Gasteiger partial charge in [0.1, 0.15) is 10.8 Å². The van der Waals surface area contributed by atoms with Crippen LogP contribution >= 0.6 is 12.2 Å². The molecule has 1 atom stereocenters. The van der Waals surface area contributed by atoms with Crippen molar-refractivity contribution in [2.75, 3.05) is 13.6 Å². The van der Waals surface area contributed by atoms with Crippen LogP contribution < -0.4 is 11.1 Å². The molecule has 1 heterocycles. The minimum Gasteiger partial charge on any atom is -0.389 e. The van der Waals surface area contributed by atoms with Gasteiger partial charge in [0.25, 0.3) is 0 Å². The van der Waals surface area contributed by atoms with Gasteiger partial charge in [-0.05, 0) is 43.1 Å². The van der Waals surface area contributed by atoms with E-state index < -0.39 is 0 Å². The normalized spacial score (nSPS) is 19.2. The van der Waals surface area contributed by atoms with E-state index in [4.69, 9.17) is 18.0 Å². The lowest BCUT2D eigenvalue weighted by Crippen LogP contribution is -2.48. The Balaban J connectivity index is 2.19. The number of thiocarbonyl (C=S) groups is 1. The van der Waals surface area contributed by atoms with Crippen LogP contribution in [0.1, 0.15) is 30.4 Å². The summed E-state index contributed by atoms with van der Waals surface area (Å²) in [5, 5.41) is 2.70. The van der Waals surface area contributed by atoms with Crippen LogP contribution in [-0.4, -0.2) is 35.4 Å². The molecule has 21 heavy (non-hydrogen) atoms. The number of amides is 1. The van der Waals surface area contributed by atoms with Crippen LogP contribution in [0.3, 0.4) is 0 Å².